The zero-order chi connectivity index (χ0) is 37.3. The summed E-state index contributed by atoms with van der Waals surface area (Å²) in [6.45, 7) is 11.7. The van der Waals surface area contributed by atoms with E-state index in [1.165, 1.54) is 16.7 Å². The summed E-state index contributed by atoms with van der Waals surface area (Å²) in [5.74, 6) is 2.10. The lowest BCUT2D eigenvalue weighted by Gasteiger charge is -2.44. The minimum atomic E-state index is -2.74. The van der Waals surface area contributed by atoms with Crippen molar-refractivity contribution in [2.24, 2.45) is 4.99 Å². The number of ether oxygens (including phenoxy) is 2. The number of aliphatic imine (C=N–C) groups is 1. The number of amidine groups is 1. The number of hydrogen-bond acceptors (Lipinski definition) is 10. The molecule has 2 N–H and O–H groups in total. The second-order valence-electron chi connectivity index (χ2n) is 14.9. The Hall–Kier alpha value is -6.11. The first-order chi connectivity index (χ1) is 26.1. The molecular formula is C42H42N8O3Si. The Morgan fingerprint density at radius 3 is 2.26 bits per heavy atom. The van der Waals surface area contributed by atoms with E-state index in [9.17, 15) is 0 Å². The first-order valence-corrected chi connectivity index (χ1v) is 19.8. The molecular weight excluding hydrogens is 693 g/mol. The van der Waals surface area contributed by atoms with Crippen molar-refractivity contribution in [3.8, 4) is 11.5 Å². The van der Waals surface area contributed by atoms with Gasteiger partial charge in [0.15, 0.2) is 5.65 Å². The summed E-state index contributed by atoms with van der Waals surface area (Å²) in [5, 5.41) is 14.2. The summed E-state index contributed by atoms with van der Waals surface area (Å²) in [4.78, 5) is 18.4. The van der Waals surface area contributed by atoms with Crippen LogP contribution in [0.4, 0.5) is 17.2 Å². The number of fused-ring (bicyclic) bond motifs is 2. The SMILES string of the molecule is Cc1cc(Nc2ncnc3ccc(NC4=NC(C)(CO[Si](c5ccccc5)(c5ccccc5)C(C)(C)C)CO4)cc23)ccc1Oc1ccn2ncnc2c1. The van der Waals surface area contributed by atoms with E-state index in [2.05, 4.69) is 119 Å². The fourth-order valence-corrected chi connectivity index (χ4v) is 11.7. The van der Waals surface area contributed by atoms with E-state index in [0.29, 0.717) is 36.4 Å². The van der Waals surface area contributed by atoms with Crippen LogP contribution in [0.25, 0.3) is 16.6 Å². The monoisotopic (exact) mass is 734 g/mol. The molecule has 0 fully saturated rings. The number of benzene rings is 4. The summed E-state index contributed by atoms with van der Waals surface area (Å²) in [6.07, 6.45) is 4.90. The standard InChI is InChI=1S/C42H42N8O3Si/c1-29-22-30(17-19-37(29)53-32-20-21-50-38(24-32)44-28-46-50)47-39-35-23-31(16-18-36(35)43-27-45-39)48-40-49-42(5,25-51-40)26-52-54(41(2,3)4,33-12-8-6-9-13-33)34-14-10-7-11-15-34/h6-24,27-28H,25-26H2,1-5H3,(H,48,49)(H,43,45,47). The predicted molar refractivity (Wildman–Crippen MR) is 216 cm³/mol. The highest BCUT2D eigenvalue weighted by molar-refractivity contribution is 6.99. The zero-order valence-corrected chi connectivity index (χ0v) is 31.9. The third kappa shape index (κ3) is 6.88. The molecule has 3 aromatic heterocycles. The predicted octanol–water partition coefficient (Wildman–Crippen LogP) is 7.65. The van der Waals surface area contributed by atoms with Crippen LogP contribution in [0.2, 0.25) is 5.04 Å². The molecule has 0 amide bonds. The van der Waals surface area contributed by atoms with Gasteiger partial charge in [-0.05, 0) is 77.3 Å². The van der Waals surface area contributed by atoms with Crippen LogP contribution in [0.3, 0.4) is 0 Å². The van der Waals surface area contributed by atoms with E-state index < -0.39 is 13.9 Å². The van der Waals surface area contributed by atoms with Crippen molar-refractivity contribution < 1.29 is 13.9 Å². The van der Waals surface area contributed by atoms with Crippen LogP contribution in [-0.4, -0.2) is 57.7 Å². The molecule has 0 radical (unpaired) electrons. The van der Waals surface area contributed by atoms with Gasteiger partial charge < -0.3 is 24.5 Å². The molecule has 0 bridgehead atoms. The molecule has 272 valence electrons. The summed E-state index contributed by atoms with van der Waals surface area (Å²) in [6, 6.07) is 37.3. The van der Waals surface area contributed by atoms with Gasteiger partial charge in [0, 0.05) is 29.0 Å². The van der Waals surface area contributed by atoms with Gasteiger partial charge in [-0.25, -0.2) is 24.5 Å². The molecule has 1 atom stereocenters. The molecule has 0 saturated carbocycles. The normalized spacial score (nSPS) is 15.9. The summed E-state index contributed by atoms with van der Waals surface area (Å²) in [7, 11) is -2.74. The van der Waals surface area contributed by atoms with Crippen molar-refractivity contribution in [2.45, 2.75) is 45.2 Å². The van der Waals surface area contributed by atoms with Gasteiger partial charge in [0.2, 0.25) is 0 Å². The number of nitrogens with one attached hydrogen (secondary N) is 2. The number of pyridine rings is 1. The molecule has 7 aromatic rings. The Morgan fingerprint density at radius 2 is 1.54 bits per heavy atom. The number of nitrogens with zero attached hydrogens (tertiary/aromatic N) is 6. The first kappa shape index (κ1) is 34.9. The Morgan fingerprint density at radius 1 is 0.815 bits per heavy atom. The maximum atomic E-state index is 7.23. The molecule has 8 rings (SSSR count). The van der Waals surface area contributed by atoms with Crippen LogP contribution >= 0.6 is 0 Å². The Kier molecular flexibility index (Phi) is 9.08. The van der Waals surface area contributed by atoms with Crippen LogP contribution in [0.15, 0.2) is 133 Å². The third-order valence-electron chi connectivity index (χ3n) is 9.71. The van der Waals surface area contributed by atoms with Crippen LogP contribution in [0.5, 0.6) is 11.5 Å². The number of aryl methyl sites for hydroxylation is 1. The second-order valence-corrected chi connectivity index (χ2v) is 19.2. The maximum Gasteiger partial charge on any atom is 0.290 e. The molecule has 0 saturated heterocycles. The zero-order valence-electron chi connectivity index (χ0n) is 30.9. The van der Waals surface area contributed by atoms with Crippen LogP contribution in [-0.2, 0) is 9.16 Å². The highest BCUT2D eigenvalue weighted by atomic mass is 28.4. The van der Waals surface area contributed by atoms with Crippen molar-refractivity contribution in [1.82, 2.24) is 24.6 Å². The van der Waals surface area contributed by atoms with Gasteiger partial charge in [0.05, 0.1) is 12.1 Å². The van der Waals surface area contributed by atoms with Crippen molar-refractivity contribution >= 4 is 58.5 Å². The highest BCUT2D eigenvalue weighted by Crippen LogP contribution is 2.38. The van der Waals surface area contributed by atoms with E-state index in [0.717, 1.165) is 33.6 Å². The van der Waals surface area contributed by atoms with Gasteiger partial charge in [-0.3, -0.25) is 0 Å². The van der Waals surface area contributed by atoms with Gasteiger partial charge in [-0.1, -0.05) is 81.4 Å². The molecule has 12 heteroatoms. The lowest BCUT2D eigenvalue weighted by atomic mass is 10.1. The van der Waals surface area contributed by atoms with Crippen LogP contribution < -0.4 is 25.7 Å². The third-order valence-corrected chi connectivity index (χ3v) is 14.7. The van der Waals surface area contributed by atoms with Gasteiger partial charge in [0.1, 0.15) is 42.1 Å². The molecule has 1 aliphatic heterocycles. The fraction of sp³-hybridized carbons (Fsp3) is 0.214. The smallest absolute Gasteiger partial charge is 0.290 e. The molecule has 11 nitrogen and oxygen atoms in total. The number of rotatable bonds is 10. The van der Waals surface area contributed by atoms with Crippen molar-refractivity contribution in [1.29, 1.82) is 0 Å². The summed E-state index contributed by atoms with van der Waals surface area (Å²) < 4.78 is 21.3. The molecule has 4 heterocycles. The van der Waals surface area contributed by atoms with E-state index in [1.54, 1.807) is 10.8 Å². The van der Waals surface area contributed by atoms with Crippen molar-refractivity contribution in [2.75, 3.05) is 23.8 Å². The maximum absolute atomic E-state index is 7.23. The highest BCUT2D eigenvalue weighted by Gasteiger charge is 2.51. The van der Waals surface area contributed by atoms with Gasteiger partial charge in [-0.15, -0.1) is 0 Å². The molecule has 4 aromatic carbocycles. The number of aromatic nitrogens is 5. The van der Waals surface area contributed by atoms with Gasteiger partial charge in [0.25, 0.3) is 14.3 Å². The molecule has 1 aliphatic rings. The first-order valence-electron chi connectivity index (χ1n) is 17.9. The quantitative estimate of drug-likeness (QED) is 0.137. The average molecular weight is 735 g/mol. The van der Waals surface area contributed by atoms with Crippen molar-refractivity contribution in [3.63, 3.8) is 0 Å². The lowest BCUT2D eigenvalue weighted by molar-refractivity contribution is 0.177. The number of hydrogen-bond donors (Lipinski definition) is 2. The lowest BCUT2D eigenvalue weighted by Crippen LogP contribution is -2.67. The van der Waals surface area contributed by atoms with Crippen molar-refractivity contribution in [3.05, 3.63) is 134 Å². The minimum Gasteiger partial charge on any atom is -0.462 e. The van der Waals surface area contributed by atoms with Crippen LogP contribution in [0.1, 0.15) is 33.3 Å². The minimum absolute atomic E-state index is 0.141. The van der Waals surface area contributed by atoms with Gasteiger partial charge >= 0.3 is 0 Å². The average Bonchev–Trinajstić information content (AvgIpc) is 3.79. The summed E-state index contributed by atoms with van der Waals surface area (Å²) >= 11 is 0. The fourth-order valence-electron chi connectivity index (χ4n) is 7.02. The Balaban J connectivity index is 0.997. The summed E-state index contributed by atoms with van der Waals surface area (Å²) in [5.41, 5.74) is 3.57. The second kappa shape index (κ2) is 14.0. The molecule has 1 unspecified atom stereocenters. The van der Waals surface area contributed by atoms with E-state index in [4.69, 9.17) is 18.9 Å². The molecule has 0 spiro atoms. The van der Waals surface area contributed by atoms with E-state index >= 15 is 0 Å². The molecule has 0 aliphatic carbocycles. The Labute approximate surface area is 315 Å². The van der Waals surface area contributed by atoms with Gasteiger partial charge in [-0.2, -0.15) is 5.10 Å². The topological polar surface area (TPSA) is 120 Å². The van der Waals surface area contributed by atoms with Crippen LogP contribution in [0, 0.1) is 6.92 Å². The number of anilines is 3. The molecule has 54 heavy (non-hydrogen) atoms. The Bertz CT molecular complexity index is 2430. The van der Waals surface area contributed by atoms with E-state index in [-0.39, 0.29) is 5.04 Å². The largest absolute Gasteiger partial charge is 0.462 e. The van der Waals surface area contributed by atoms with E-state index in [1.807, 2.05) is 61.7 Å².